The molecular formula is C67H99N9O17S2. The fraction of sp³-hybridized carbons (Fsp3) is 0.642. The first kappa shape index (κ1) is 74.9. The first-order chi connectivity index (χ1) is 45.2. The van der Waals surface area contributed by atoms with E-state index < -0.39 is 109 Å². The molecule has 5 saturated carbocycles. The van der Waals surface area contributed by atoms with Crippen LogP contribution in [-0.2, 0) is 67.7 Å². The molecule has 2 aromatic carbocycles. The molecule has 1 aliphatic heterocycles. The van der Waals surface area contributed by atoms with E-state index in [0.29, 0.717) is 56.7 Å². The molecule has 0 radical (unpaired) electrons. The van der Waals surface area contributed by atoms with Crippen LogP contribution < -0.4 is 41.8 Å². The number of amides is 6. The molecule has 6 amide bonds. The van der Waals surface area contributed by atoms with Gasteiger partial charge in [0, 0.05) is 31.5 Å². The van der Waals surface area contributed by atoms with E-state index in [4.69, 9.17) is 29.4 Å². The van der Waals surface area contributed by atoms with Crippen molar-refractivity contribution in [2.24, 2.45) is 29.4 Å². The van der Waals surface area contributed by atoms with Crippen LogP contribution in [0.1, 0.15) is 168 Å². The maximum absolute atomic E-state index is 13.7. The van der Waals surface area contributed by atoms with Gasteiger partial charge in [0.2, 0.25) is 5.91 Å². The van der Waals surface area contributed by atoms with E-state index >= 15 is 0 Å². The van der Waals surface area contributed by atoms with Crippen LogP contribution in [0.25, 0.3) is 0 Å². The molecule has 2 aromatic rings. The Morgan fingerprint density at radius 3 is 1.51 bits per heavy atom. The number of carbonyl (C=O) groups excluding carboxylic acids is 8. The largest absolute Gasteiger partial charge is 0.467 e. The van der Waals surface area contributed by atoms with E-state index in [-0.39, 0.29) is 46.2 Å². The first-order valence-electron chi connectivity index (χ1n) is 33.4. The summed E-state index contributed by atoms with van der Waals surface area (Å²) in [6.45, 7) is 14.0. The Balaban J connectivity index is 0.000000283. The van der Waals surface area contributed by atoms with E-state index in [9.17, 15) is 55.2 Å². The van der Waals surface area contributed by atoms with Crippen molar-refractivity contribution in [3.8, 4) is 0 Å². The van der Waals surface area contributed by atoms with Crippen LogP contribution in [-0.4, -0.2) is 151 Å². The summed E-state index contributed by atoms with van der Waals surface area (Å²) >= 11 is 0. The molecule has 9 atom stereocenters. The molecule has 26 nitrogen and oxygen atoms in total. The summed E-state index contributed by atoms with van der Waals surface area (Å²) in [5, 5.41) is 14.4. The number of nitrogens with zero attached hydrogens (tertiary/aromatic N) is 1. The van der Waals surface area contributed by atoms with E-state index in [1.54, 1.807) is 63.2 Å². The van der Waals surface area contributed by atoms with Crippen LogP contribution in [0.15, 0.2) is 83.6 Å². The smallest absolute Gasteiger partial charge is 0.410 e. The molecule has 526 valence electrons. The van der Waals surface area contributed by atoms with Gasteiger partial charge in [-0.2, -0.15) is 0 Å². The number of nitrogens with two attached hydrogens (primary N) is 1. The van der Waals surface area contributed by atoms with Gasteiger partial charge >= 0.3 is 30.2 Å². The predicted molar refractivity (Wildman–Crippen MR) is 354 cm³/mol. The van der Waals surface area contributed by atoms with Crippen LogP contribution in [0.5, 0.6) is 0 Å². The zero-order chi connectivity index (χ0) is 69.1. The maximum atomic E-state index is 13.7. The molecule has 5 aliphatic carbocycles. The van der Waals surface area contributed by atoms with Crippen molar-refractivity contribution in [2.75, 3.05) is 44.5 Å². The second-order valence-electron chi connectivity index (χ2n) is 26.7. The summed E-state index contributed by atoms with van der Waals surface area (Å²) in [6, 6.07) is 10.4. The number of anilines is 2. The number of piperidine rings is 1. The van der Waals surface area contributed by atoms with Crippen molar-refractivity contribution in [1.29, 1.82) is 0 Å². The lowest BCUT2D eigenvalue weighted by molar-refractivity contribution is -0.144. The van der Waals surface area contributed by atoms with E-state index in [0.717, 1.165) is 116 Å². The Hall–Kier alpha value is -7.46. The summed E-state index contributed by atoms with van der Waals surface area (Å²) < 4.78 is 83.4. The number of hydrogen-bond acceptors (Lipinski definition) is 20. The van der Waals surface area contributed by atoms with Gasteiger partial charge in [0.15, 0.2) is 0 Å². The van der Waals surface area contributed by atoms with Crippen molar-refractivity contribution in [3.63, 3.8) is 0 Å². The van der Waals surface area contributed by atoms with Crippen LogP contribution in [0.3, 0.4) is 0 Å². The van der Waals surface area contributed by atoms with Gasteiger partial charge in [-0.1, -0.05) is 87.8 Å². The highest BCUT2D eigenvalue weighted by molar-refractivity contribution is 7.90. The number of esters is 2. The average Bonchev–Trinajstić information content (AvgIpc) is 1.57. The van der Waals surface area contributed by atoms with Gasteiger partial charge in [-0.3, -0.25) is 19.3 Å². The fourth-order valence-electron chi connectivity index (χ4n) is 12.6. The molecule has 8 rings (SSSR count). The topological polar surface area (TPSA) is 364 Å². The number of fused-ring (bicyclic) bond motifs is 1. The highest BCUT2D eigenvalue weighted by Crippen LogP contribution is 2.51. The Morgan fingerprint density at radius 1 is 0.632 bits per heavy atom. The number of nitrogens with one attached hydrogen (secondary N) is 7. The fourth-order valence-corrected chi connectivity index (χ4v) is 15.1. The molecule has 1 saturated heterocycles. The number of para-hydroxylation sites is 2. The number of alkyl carbamates (subject to hydrolysis) is 2. The summed E-state index contributed by atoms with van der Waals surface area (Å²) in [5.74, 6) is -3.72. The monoisotopic (exact) mass is 1370 g/mol. The number of hydrogen-bond donors (Lipinski definition) is 8. The van der Waals surface area contributed by atoms with Crippen LogP contribution in [0.2, 0.25) is 0 Å². The third-order valence-electron chi connectivity index (χ3n) is 18.3. The van der Waals surface area contributed by atoms with Crippen molar-refractivity contribution < 1.29 is 78.9 Å². The van der Waals surface area contributed by atoms with Crippen molar-refractivity contribution in [2.45, 2.75) is 225 Å². The third-order valence-corrected chi connectivity index (χ3v) is 21.1. The van der Waals surface area contributed by atoms with Gasteiger partial charge in [-0.25, -0.2) is 50.3 Å². The molecule has 28 heteroatoms. The number of sulfonamides is 2. The second-order valence-corrected chi connectivity index (χ2v) is 30.0. The van der Waals surface area contributed by atoms with Crippen LogP contribution in [0.4, 0.5) is 25.8 Å². The summed E-state index contributed by atoms with van der Waals surface area (Å²) in [4.78, 5) is 103. The van der Waals surface area contributed by atoms with E-state index in [2.05, 4.69) is 49.2 Å². The van der Waals surface area contributed by atoms with Gasteiger partial charge in [0.25, 0.3) is 31.9 Å². The van der Waals surface area contributed by atoms with E-state index in [1.165, 1.54) is 37.3 Å². The first-order valence-corrected chi connectivity index (χ1v) is 36.4. The van der Waals surface area contributed by atoms with Crippen molar-refractivity contribution in [3.05, 3.63) is 73.8 Å². The molecule has 0 aromatic heterocycles. The second kappa shape index (κ2) is 34.0. The molecule has 0 spiro atoms. The molecule has 6 fully saturated rings. The minimum Gasteiger partial charge on any atom is -0.467 e. The van der Waals surface area contributed by atoms with Gasteiger partial charge < -0.3 is 56.0 Å². The maximum Gasteiger partial charge on any atom is 0.410 e. The van der Waals surface area contributed by atoms with Crippen molar-refractivity contribution >= 4 is 79.4 Å². The minimum absolute atomic E-state index is 0.0180. The lowest BCUT2D eigenvalue weighted by atomic mass is 10.1. The number of ether oxygens (including phenoxy) is 5. The Labute approximate surface area is 558 Å². The lowest BCUT2D eigenvalue weighted by Crippen LogP contribution is -2.57. The average molecular weight is 1370 g/mol. The summed E-state index contributed by atoms with van der Waals surface area (Å²) in [6.07, 6.45) is 18.9. The number of methoxy groups -OCH3 is 2. The Morgan fingerprint density at radius 2 is 1.07 bits per heavy atom. The van der Waals surface area contributed by atoms with E-state index in [1.807, 2.05) is 0 Å². The molecule has 0 bridgehead atoms. The minimum atomic E-state index is -4.36. The zero-order valence-corrected chi connectivity index (χ0v) is 57.2. The molecule has 6 aliphatic rings. The summed E-state index contributed by atoms with van der Waals surface area (Å²) in [5.41, 5.74) is 3.22. The lowest BCUT2D eigenvalue weighted by Gasteiger charge is -2.31. The van der Waals surface area contributed by atoms with Gasteiger partial charge in [-0.15, -0.1) is 13.2 Å². The highest BCUT2D eigenvalue weighted by Gasteiger charge is 2.64. The molecular weight excluding hydrogens is 1270 g/mol. The Bertz CT molecular complexity index is 3280. The quantitative estimate of drug-likeness (QED) is 0.0142. The van der Waals surface area contributed by atoms with Crippen LogP contribution in [0, 0.1) is 23.7 Å². The normalized spacial score (nSPS) is 23.3. The van der Waals surface area contributed by atoms with Gasteiger partial charge in [-0.05, 0) is 153 Å². The Kier molecular flexibility index (Phi) is 26.8. The predicted octanol–water partition coefficient (Wildman–Crippen LogP) is 8.13. The number of likely N-dealkylation sites (tertiary alicyclic amines) is 1. The number of benzene rings is 2. The van der Waals surface area contributed by atoms with Crippen molar-refractivity contribution in [1.82, 2.24) is 30.3 Å². The molecule has 9 N–H and O–H groups in total. The SMILES string of the molecule is C=C[C@@H]1C[C@]1(N)C(=O)NS(=O)(=O)c1ccccc1NCCCCCCC[C@H](NC(=O)OC1CCCC1)C(=O)OC.C=C[C@@H]1C[C@]1(NC(=O)C1C2CC2CN1C(=O)OC(C)(C)C)C(=O)NS(=O)(=O)c1ccccc1NCCCCCCC[C@H](NC(=O)OC1CCCC1)C(=O)OC. The third kappa shape index (κ3) is 21.3. The molecule has 1 heterocycles. The molecule has 95 heavy (non-hydrogen) atoms. The molecule has 3 unspecified atom stereocenters. The number of unbranched alkanes of at least 4 members (excludes halogenated alkanes) is 8. The number of carbonyl (C=O) groups is 8. The van der Waals surface area contributed by atoms with Crippen LogP contribution >= 0.6 is 0 Å². The number of rotatable bonds is 34. The standard InChI is InChI=1S/C39H57N5O10S.C28H42N4O7S/c1-6-26-23-39(26,42-33(45)32-28-22-25(28)24-44(32)37(49)54-38(2,3)4)35(47)43-55(50,51)31-20-14-13-18-29(31)40-21-15-9-7-8-10-19-30(34(46)52-5)41-36(48)53-27-16-11-12-17-27;1-3-20-19-28(20,29)26(34)32-40(36,37)24-17-11-10-15-22(24)30-18-12-6-4-5-7-16-23(25(33)38-2)31-27(35)39-21-13-8-9-14-21/h6,13-14,18,20,25-28,30,32,40H,1,7-12,15-17,19,21-24H2,2-5H3,(H,41,48)(H,42,45)(H,43,47);3,10-11,15,17,20-21,23,30H,1,4-9,12-14,16,18-19,29H2,2H3,(H,31,35)(H,32,34)/t25?,26-,28?,30+,32?,39-;20-,23+,28-/m11/s1. The van der Waals surface area contributed by atoms with Gasteiger partial charge in [0.05, 0.1) is 25.6 Å². The van der Waals surface area contributed by atoms with Gasteiger partial charge in [0.1, 0.15) is 56.8 Å². The zero-order valence-electron chi connectivity index (χ0n) is 55.5. The summed E-state index contributed by atoms with van der Waals surface area (Å²) in [7, 11) is -5.89. The highest BCUT2D eigenvalue weighted by atomic mass is 32.2.